The Morgan fingerprint density at radius 2 is 1.96 bits per heavy atom. The van der Waals surface area contributed by atoms with Gasteiger partial charge in [-0.3, -0.25) is 9.59 Å². The number of ketones is 1. The molecule has 1 aromatic rings. The number of carbonyl (C=O) groups is 2. The molecule has 0 saturated heterocycles. The van der Waals surface area contributed by atoms with Crippen LogP contribution in [0.25, 0.3) is 6.08 Å². The number of rotatable bonds is 5. The number of Topliss-reactive ketones (excluding diaryl/α,β-unsaturated/α-hetero) is 1. The summed E-state index contributed by atoms with van der Waals surface area (Å²) in [4.78, 5) is 23.0. The van der Waals surface area contributed by atoms with Crippen molar-refractivity contribution in [2.24, 2.45) is 0 Å². The van der Waals surface area contributed by atoms with Gasteiger partial charge >= 0.3 is 0 Å². The molecule has 1 aliphatic carbocycles. The van der Waals surface area contributed by atoms with E-state index < -0.39 is 5.91 Å². The quantitative estimate of drug-likeness (QED) is 0.443. The molecule has 0 saturated carbocycles. The van der Waals surface area contributed by atoms with E-state index in [1.165, 1.54) is 6.08 Å². The number of nitrogen functional groups attached to an aromatic ring is 1. The van der Waals surface area contributed by atoms with E-state index >= 15 is 0 Å². The van der Waals surface area contributed by atoms with Crippen molar-refractivity contribution < 1.29 is 14.7 Å². The maximum atomic E-state index is 11.6. The first-order valence-corrected chi connectivity index (χ1v) is 7.19. The molecule has 0 bridgehead atoms. The molecular formula is C18H18N2O3. The largest absolute Gasteiger partial charge is 0.510 e. The van der Waals surface area contributed by atoms with Gasteiger partial charge in [0.05, 0.1) is 0 Å². The number of carbonyl (C=O) groups excluding carboxylic acids is 2. The summed E-state index contributed by atoms with van der Waals surface area (Å²) in [6.07, 6.45) is 10.5. The van der Waals surface area contributed by atoms with E-state index in [1.54, 1.807) is 18.2 Å². The van der Waals surface area contributed by atoms with Crippen molar-refractivity contribution in [3.8, 4) is 0 Å². The fourth-order valence-corrected chi connectivity index (χ4v) is 2.05. The van der Waals surface area contributed by atoms with Crippen molar-refractivity contribution in [2.75, 3.05) is 5.73 Å². The fraction of sp³-hybridized carbons (Fsp3) is 0.111. The third-order valence-corrected chi connectivity index (χ3v) is 3.18. The van der Waals surface area contributed by atoms with Crippen molar-refractivity contribution in [3.05, 3.63) is 71.7 Å². The zero-order chi connectivity index (χ0) is 16.7. The lowest BCUT2D eigenvalue weighted by molar-refractivity contribution is -0.119. The molecule has 4 N–H and O–H groups in total. The topological polar surface area (TPSA) is 92.4 Å². The Hall–Kier alpha value is -3.08. The van der Waals surface area contributed by atoms with E-state index in [2.05, 4.69) is 5.32 Å². The van der Waals surface area contributed by atoms with E-state index in [0.717, 1.165) is 5.56 Å². The van der Waals surface area contributed by atoms with Crippen LogP contribution >= 0.6 is 0 Å². The standard InChI is InChI=1S/C18H18N2O3/c19-14-8-5-7-13(12-14)6-3-1-2-4-9-17(23)20-18-15(21)10-11-16(18)22/h1-9,12,21H,10-11,19H2,(H,20,23). The molecule has 0 aliphatic heterocycles. The molecule has 1 amide bonds. The molecule has 0 spiro atoms. The van der Waals surface area contributed by atoms with Crippen LogP contribution < -0.4 is 11.1 Å². The molecule has 2 rings (SSSR count). The van der Waals surface area contributed by atoms with Crippen molar-refractivity contribution >= 4 is 23.5 Å². The molecule has 1 aliphatic rings. The number of benzene rings is 1. The maximum absolute atomic E-state index is 11.6. The zero-order valence-corrected chi connectivity index (χ0v) is 12.5. The summed E-state index contributed by atoms with van der Waals surface area (Å²) in [6, 6.07) is 7.48. The predicted octanol–water partition coefficient (Wildman–Crippen LogP) is 2.64. The Labute approximate surface area is 134 Å². The van der Waals surface area contributed by atoms with Gasteiger partial charge in [0.2, 0.25) is 5.91 Å². The van der Waals surface area contributed by atoms with Crippen LogP contribution in [0.5, 0.6) is 0 Å². The summed E-state index contributed by atoms with van der Waals surface area (Å²) in [5, 5.41) is 11.9. The van der Waals surface area contributed by atoms with Crippen LogP contribution in [0.15, 0.2) is 66.1 Å². The molecule has 0 heterocycles. The molecule has 5 nitrogen and oxygen atoms in total. The minimum absolute atomic E-state index is 0.00481. The van der Waals surface area contributed by atoms with Crippen LogP contribution in [-0.4, -0.2) is 16.8 Å². The molecule has 0 atom stereocenters. The van der Waals surface area contributed by atoms with Crippen LogP contribution in [0.2, 0.25) is 0 Å². The van der Waals surface area contributed by atoms with E-state index in [0.29, 0.717) is 5.69 Å². The molecule has 1 aromatic carbocycles. The molecule has 0 radical (unpaired) electrons. The Balaban J connectivity index is 1.83. The van der Waals surface area contributed by atoms with Crippen LogP contribution in [0.1, 0.15) is 18.4 Å². The highest BCUT2D eigenvalue weighted by atomic mass is 16.3. The van der Waals surface area contributed by atoms with E-state index in [9.17, 15) is 14.7 Å². The Morgan fingerprint density at radius 3 is 2.65 bits per heavy atom. The second-order valence-electron chi connectivity index (χ2n) is 5.01. The van der Waals surface area contributed by atoms with Gasteiger partial charge in [0.25, 0.3) is 0 Å². The second kappa shape index (κ2) is 7.79. The second-order valence-corrected chi connectivity index (χ2v) is 5.01. The van der Waals surface area contributed by atoms with Gasteiger partial charge in [0.1, 0.15) is 11.5 Å². The summed E-state index contributed by atoms with van der Waals surface area (Å²) >= 11 is 0. The summed E-state index contributed by atoms with van der Waals surface area (Å²) in [5.41, 5.74) is 7.37. The molecular weight excluding hydrogens is 292 g/mol. The molecule has 0 aromatic heterocycles. The van der Waals surface area contributed by atoms with Gasteiger partial charge in [-0.25, -0.2) is 0 Å². The Bertz CT molecular complexity index is 728. The maximum Gasteiger partial charge on any atom is 0.248 e. The van der Waals surface area contributed by atoms with Crippen molar-refractivity contribution in [1.82, 2.24) is 5.32 Å². The summed E-state index contributed by atoms with van der Waals surface area (Å²) < 4.78 is 0. The van der Waals surface area contributed by atoms with Gasteiger partial charge in [-0.1, -0.05) is 42.5 Å². The van der Waals surface area contributed by atoms with Crippen LogP contribution in [0.4, 0.5) is 5.69 Å². The van der Waals surface area contributed by atoms with E-state index in [4.69, 9.17) is 5.73 Å². The molecule has 23 heavy (non-hydrogen) atoms. The lowest BCUT2D eigenvalue weighted by Crippen LogP contribution is -2.24. The fourth-order valence-electron chi connectivity index (χ4n) is 2.05. The van der Waals surface area contributed by atoms with E-state index in [-0.39, 0.29) is 30.1 Å². The van der Waals surface area contributed by atoms with Gasteiger partial charge in [-0.2, -0.15) is 0 Å². The third kappa shape index (κ3) is 5.00. The summed E-state index contributed by atoms with van der Waals surface area (Å²) in [5.74, 6) is -0.756. The smallest absolute Gasteiger partial charge is 0.248 e. The number of anilines is 1. The number of hydrogen-bond donors (Lipinski definition) is 3. The van der Waals surface area contributed by atoms with Crippen molar-refractivity contribution in [2.45, 2.75) is 12.8 Å². The first kappa shape index (κ1) is 16.3. The monoisotopic (exact) mass is 310 g/mol. The van der Waals surface area contributed by atoms with Gasteiger partial charge in [-0.15, -0.1) is 0 Å². The lowest BCUT2D eigenvalue weighted by Gasteiger charge is -2.01. The van der Waals surface area contributed by atoms with Crippen LogP contribution in [0, 0.1) is 0 Å². The SMILES string of the molecule is Nc1cccc(C=CC=CC=CC(=O)NC2=C(O)CCC2=O)c1. The first-order valence-electron chi connectivity index (χ1n) is 7.19. The van der Waals surface area contributed by atoms with Gasteiger partial charge < -0.3 is 16.2 Å². The number of allylic oxidation sites excluding steroid dienone is 6. The highest BCUT2D eigenvalue weighted by Gasteiger charge is 2.23. The number of hydrogen-bond acceptors (Lipinski definition) is 4. The number of nitrogens with one attached hydrogen (secondary N) is 1. The molecule has 0 fully saturated rings. The number of aliphatic hydroxyl groups is 1. The highest BCUT2D eigenvalue weighted by Crippen LogP contribution is 2.17. The van der Waals surface area contributed by atoms with Gasteiger partial charge in [0.15, 0.2) is 5.78 Å². The van der Waals surface area contributed by atoms with Crippen molar-refractivity contribution in [3.63, 3.8) is 0 Å². The van der Waals surface area contributed by atoms with Crippen LogP contribution in [0.3, 0.4) is 0 Å². The molecule has 0 unspecified atom stereocenters. The normalized spacial score (nSPS) is 15.4. The van der Waals surface area contributed by atoms with Crippen molar-refractivity contribution in [1.29, 1.82) is 0 Å². The summed E-state index contributed by atoms with van der Waals surface area (Å²) in [6.45, 7) is 0. The Kier molecular flexibility index (Phi) is 5.52. The van der Waals surface area contributed by atoms with Crippen LogP contribution in [-0.2, 0) is 9.59 Å². The van der Waals surface area contributed by atoms with E-state index in [1.807, 2.05) is 36.4 Å². The number of amides is 1. The first-order chi connectivity index (χ1) is 11.1. The average molecular weight is 310 g/mol. The number of nitrogens with two attached hydrogens (primary N) is 1. The Morgan fingerprint density at radius 1 is 1.17 bits per heavy atom. The molecule has 5 heteroatoms. The van der Waals surface area contributed by atoms with Gasteiger partial charge in [-0.05, 0) is 17.7 Å². The summed E-state index contributed by atoms with van der Waals surface area (Å²) in [7, 11) is 0. The highest BCUT2D eigenvalue weighted by molar-refractivity contribution is 6.03. The average Bonchev–Trinajstić information content (AvgIpc) is 2.83. The zero-order valence-electron chi connectivity index (χ0n) is 12.5. The molecule has 118 valence electrons. The van der Waals surface area contributed by atoms with Gasteiger partial charge in [0, 0.05) is 24.6 Å². The predicted molar refractivity (Wildman–Crippen MR) is 90.2 cm³/mol. The minimum Gasteiger partial charge on any atom is -0.510 e. The lowest BCUT2D eigenvalue weighted by atomic mass is 10.2. The minimum atomic E-state index is -0.453. The third-order valence-electron chi connectivity index (χ3n) is 3.18. The number of aliphatic hydroxyl groups excluding tert-OH is 1.